The van der Waals surface area contributed by atoms with Crippen LogP contribution in [-0.2, 0) is 16.1 Å². The van der Waals surface area contributed by atoms with Gasteiger partial charge in [0.2, 0.25) is 0 Å². The molecule has 3 aromatic rings. The van der Waals surface area contributed by atoms with Gasteiger partial charge in [0.1, 0.15) is 17.3 Å². The van der Waals surface area contributed by atoms with Crippen LogP contribution in [0.25, 0.3) is 5.76 Å². The molecule has 1 N–H and O–H groups in total. The Bertz CT molecular complexity index is 1270. The van der Waals surface area contributed by atoms with E-state index >= 15 is 0 Å². The zero-order valence-electron chi connectivity index (χ0n) is 18.5. The number of rotatable bonds is 5. The van der Waals surface area contributed by atoms with Gasteiger partial charge >= 0.3 is 0 Å². The number of aryl methyl sites for hydroxylation is 2. The third-order valence-electron chi connectivity index (χ3n) is 5.82. The van der Waals surface area contributed by atoms with E-state index in [4.69, 9.17) is 4.74 Å². The van der Waals surface area contributed by atoms with Gasteiger partial charge in [0.15, 0.2) is 0 Å². The first kappa shape index (κ1) is 22.2. The lowest BCUT2D eigenvalue weighted by Crippen LogP contribution is -2.29. The van der Waals surface area contributed by atoms with Crippen LogP contribution in [0.5, 0.6) is 5.75 Å². The summed E-state index contributed by atoms with van der Waals surface area (Å²) >= 11 is 0. The summed E-state index contributed by atoms with van der Waals surface area (Å²) in [5, 5.41) is 11.2. The van der Waals surface area contributed by atoms with E-state index in [1.807, 2.05) is 32.0 Å². The third kappa shape index (κ3) is 4.09. The minimum Gasteiger partial charge on any atom is -0.507 e. The molecule has 1 aromatic heterocycles. The second-order valence-corrected chi connectivity index (χ2v) is 7.98. The molecule has 0 radical (unpaired) electrons. The summed E-state index contributed by atoms with van der Waals surface area (Å²) in [5.41, 5.74) is 3.37. The fraction of sp³-hybridized carbons (Fsp3) is 0.192. The number of Topliss-reactive ketones (excluding diaryl/α,β-unsaturated/α-hetero) is 1. The standard InChI is InChI=1S/C26H23FN2O4/c1-15-4-5-16(2)18(12-15)14-29-23(17-8-10-28-11-9-17)22(25(31)26(29)32)24(30)20-13-19(27)6-7-21(20)33-3/h4-13,23,30H,14H2,1-3H3/b24-22+. The SMILES string of the molecule is COc1ccc(F)cc1/C(O)=C1\C(=O)C(=O)N(Cc2cc(C)ccc2C)C1c1ccncc1. The zero-order chi connectivity index (χ0) is 23.7. The minimum atomic E-state index is -0.874. The van der Waals surface area contributed by atoms with Crippen LogP contribution in [-0.4, -0.2) is 33.8 Å². The van der Waals surface area contributed by atoms with Crippen molar-refractivity contribution in [1.82, 2.24) is 9.88 Å². The second-order valence-electron chi connectivity index (χ2n) is 7.98. The molecule has 1 saturated heterocycles. The number of aromatic nitrogens is 1. The van der Waals surface area contributed by atoms with Crippen LogP contribution in [0.2, 0.25) is 0 Å². The highest BCUT2D eigenvalue weighted by Crippen LogP contribution is 2.41. The van der Waals surface area contributed by atoms with Crippen LogP contribution in [0.4, 0.5) is 4.39 Å². The van der Waals surface area contributed by atoms with Gasteiger partial charge in [0, 0.05) is 18.9 Å². The summed E-state index contributed by atoms with van der Waals surface area (Å²) < 4.78 is 19.3. The molecule has 6 nitrogen and oxygen atoms in total. The van der Waals surface area contributed by atoms with E-state index < -0.39 is 29.3 Å². The van der Waals surface area contributed by atoms with Crippen molar-refractivity contribution in [2.24, 2.45) is 0 Å². The highest BCUT2D eigenvalue weighted by Gasteiger charge is 2.46. The highest BCUT2D eigenvalue weighted by molar-refractivity contribution is 6.46. The van der Waals surface area contributed by atoms with Crippen LogP contribution in [0, 0.1) is 19.7 Å². The Kier molecular flexibility index (Phi) is 5.96. The fourth-order valence-corrected chi connectivity index (χ4v) is 4.10. The number of methoxy groups -OCH3 is 1. The number of ether oxygens (including phenoxy) is 1. The maximum atomic E-state index is 14.0. The van der Waals surface area contributed by atoms with Gasteiger partial charge in [-0.1, -0.05) is 23.8 Å². The molecule has 1 fully saturated rings. The summed E-state index contributed by atoms with van der Waals surface area (Å²) in [5.74, 6) is -2.50. The van der Waals surface area contributed by atoms with Crippen molar-refractivity contribution in [2.45, 2.75) is 26.4 Å². The van der Waals surface area contributed by atoms with Crippen molar-refractivity contribution < 1.29 is 23.8 Å². The van der Waals surface area contributed by atoms with Crippen LogP contribution in [0.3, 0.4) is 0 Å². The molecule has 7 heteroatoms. The summed E-state index contributed by atoms with van der Waals surface area (Å²) in [7, 11) is 1.38. The normalized spacial score (nSPS) is 17.5. The van der Waals surface area contributed by atoms with Crippen molar-refractivity contribution in [1.29, 1.82) is 0 Å². The van der Waals surface area contributed by atoms with Gasteiger partial charge in [-0.15, -0.1) is 0 Å². The van der Waals surface area contributed by atoms with Gasteiger partial charge < -0.3 is 14.7 Å². The molecule has 2 aromatic carbocycles. The maximum absolute atomic E-state index is 14.0. The predicted octanol–water partition coefficient (Wildman–Crippen LogP) is 4.47. The lowest BCUT2D eigenvalue weighted by molar-refractivity contribution is -0.140. The average Bonchev–Trinajstić information content (AvgIpc) is 3.06. The minimum absolute atomic E-state index is 0.00120. The second kappa shape index (κ2) is 8.86. The zero-order valence-corrected chi connectivity index (χ0v) is 18.5. The van der Waals surface area contributed by atoms with E-state index in [9.17, 15) is 19.1 Å². The molecule has 33 heavy (non-hydrogen) atoms. The van der Waals surface area contributed by atoms with Crippen molar-refractivity contribution in [3.8, 4) is 5.75 Å². The monoisotopic (exact) mass is 446 g/mol. The fourth-order valence-electron chi connectivity index (χ4n) is 4.10. The first-order valence-electron chi connectivity index (χ1n) is 10.4. The first-order valence-corrected chi connectivity index (χ1v) is 10.4. The lowest BCUT2D eigenvalue weighted by atomic mass is 9.95. The number of carbonyl (C=O) groups is 2. The summed E-state index contributed by atoms with van der Waals surface area (Å²) in [6.45, 7) is 4.06. The van der Waals surface area contributed by atoms with Gasteiger partial charge in [-0.05, 0) is 60.9 Å². The number of nitrogens with zero attached hydrogens (tertiary/aromatic N) is 2. The Labute approximate surface area is 191 Å². The number of likely N-dealkylation sites (tertiary alicyclic amines) is 1. The number of aliphatic hydroxyl groups is 1. The number of hydrogen-bond donors (Lipinski definition) is 1. The molecule has 4 rings (SSSR count). The number of carbonyl (C=O) groups excluding carboxylic acids is 2. The Hall–Kier alpha value is -4.00. The number of aliphatic hydroxyl groups excluding tert-OH is 1. The number of hydrogen-bond acceptors (Lipinski definition) is 5. The predicted molar refractivity (Wildman–Crippen MR) is 121 cm³/mol. The van der Waals surface area contributed by atoms with Gasteiger partial charge in [0.25, 0.3) is 11.7 Å². The van der Waals surface area contributed by atoms with Crippen molar-refractivity contribution in [3.63, 3.8) is 0 Å². The average molecular weight is 446 g/mol. The molecule has 0 bridgehead atoms. The van der Waals surface area contributed by atoms with Crippen molar-refractivity contribution in [3.05, 3.63) is 100 Å². The van der Waals surface area contributed by atoms with Gasteiger partial charge in [0.05, 0.1) is 24.3 Å². The van der Waals surface area contributed by atoms with E-state index in [2.05, 4.69) is 4.98 Å². The molecule has 0 spiro atoms. The number of ketones is 1. The summed E-state index contributed by atoms with van der Waals surface area (Å²) in [6, 6.07) is 12.0. The van der Waals surface area contributed by atoms with E-state index in [1.165, 1.54) is 24.1 Å². The van der Waals surface area contributed by atoms with Gasteiger partial charge in [-0.2, -0.15) is 0 Å². The Morgan fingerprint density at radius 3 is 2.52 bits per heavy atom. The van der Waals surface area contributed by atoms with E-state index in [-0.39, 0.29) is 23.4 Å². The van der Waals surface area contributed by atoms with E-state index in [0.717, 1.165) is 22.8 Å². The molecule has 1 amide bonds. The van der Waals surface area contributed by atoms with Crippen LogP contribution in [0.1, 0.15) is 33.9 Å². The summed E-state index contributed by atoms with van der Waals surface area (Å²) in [4.78, 5) is 31.8. The third-order valence-corrected chi connectivity index (χ3v) is 5.82. The molecule has 1 aliphatic heterocycles. The van der Waals surface area contributed by atoms with Crippen LogP contribution >= 0.6 is 0 Å². The Morgan fingerprint density at radius 1 is 1.09 bits per heavy atom. The maximum Gasteiger partial charge on any atom is 0.295 e. The summed E-state index contributed by atoms with van der Waals surface area (Å²) in [6.07, 6.45) is 3.10. The van der Waals surface area contributed by atoms with Gasteiger partial charge in [-0.3, -0.25) is 14.6 Å². The molecular weight excluding hydrogens is 423 g/mol. The molecule has 168 valence electrons. The van der Waals surface area contributed by atoms with E-state index in [1.54, 1.807) is 24.5 Å². The lowest BCUT2D eigenvalue weighted by Gasteiger charge is -2.26. The van der Waals surface area contributed by atoms with Crippen molar-refractivity contribution >= 4 is 17.4 Å². The van der Waals surface area contributed by atoms with Crippen molar-refractivity contribution in [2.75, 3.05) is 7.11 Å². The molecule has 1 aliphatic rings. The van der Waals surface area contributed by atoms with Crippen LogP contribution in [0.15, 0.2) is 66.5 Å². The largest absolute Gasteiger partial charge is 0.507 e. The number of amides is 1. The number of benzene rings is 2. The highest BCUT2D eigenvalue weighted by atomic mass is 19.1. The Morgan fingerprint density at radius 2 is 1.82 bits per heavy atom. The number of pyridine rings is 1. The molecule has 1 unspecified atom stereocenters. The first-order chi connectivity index (χ1) is 15.8. The Balaban J connectivity index is 1.91. The topological polar surface area (TPSA) is 79.7 Å². The molecule has 0 saturated carbocycles. The smallest absolute Gasteiger partial charge is 0.295 e. The number of halogens is 1. The molecule has 1 atom stereocenters. The molecule has 2 heterocycles. The van der Waals surface area contributed by atoms with E-state index in [0.29, 0.717) is 5.56 Å². The van der Waals surface area contributed by atoms with Gasteiger partial charge in [-0.25, -0.2) is 4.39 Å². The molecular formula is C26H23FN2O4. The van der Waals surface area contributed by atoms with Crippen LogP contribution < -0.4 is 4.74 Å². The quantitative estimate of drug-likeness (QED) is 0.355. The molecule has 0 aliphatic carbocycles.